The second-order valence-corrected chi connectivity index (χ2v) is 10.8. The Morgan fingerprint density at radius 2 is 1.58 bits per heavy atom. The molecule has 0 saturated carbocycles. The van der Waals surface area contributed by atoms with Gasteiger partial charge < -0.3 is 10.2 Å². The Bertz CT molecular complexity index is 1350. The lowest BCUT2D eigenvalue weighted by Crippen LogP contribution is -2.50. The summed E-state index contributed by atoms with van der Waals surface area (Å²) in [5.74, 6) is -0.978. The molecule has 3 rings (SSSR count). The number of halogens is 2. The van der Waals surface area contributed by atoms with Crippen molar-refractivity contribution in [2.24, 2.45) is 0 Å². The molecular weight excluding hydrogens is 521 g/mol. The van der Waals surface area contributed by atoms with Crippen molar-refractivity contribution < 1.29 is 18.0 Å². The number of rotatable bonds is 9. The third kappa shape index (κ3) is 6.19. The maximum absolute atomic E-state index is 13.7. The molecule has 0 aliphatic carbocycles. The molecule has 3 aromatic rings. The topological polar surface area (TPSA) is 86.8 Å². The molecule has 10 heteroatoms. The molecule has 0 spiro atoms. The highest BCUT2D eigenvalue weighted by Crippen LogP contribution is 2.29. The summed E-state index contributed by atoms with van der Waals surface area (Å²) in [7, 11) is -2.67. The van der Waals surface area contributed by atoms with E-state index >= 15 is 0 Å². The van der Waals surface area contributed by atoms with Crippen molar-refractivity contribution in [2.45, 2.75) is 31.3 Å². The predicted molar refractivity (Wildman–Crippen MR) is 143 cm³/mol. The zero-order chi connectivity index (χ0) is 26.5. The molecule has 0 aromatic heterocycles. The van der Waals surface area contributed by atoms with Gasteiger partial charge in [0.1, 0.15) is 12.6 Å². The van der Waals surface area contributed by atoms with E-state index in [-0.39, 0.29) is 17.1 Å². The van der Waals surface area contributed by atoms with Crippen molar-refractivity contribution in [3.05, 3.63) is 94.0 Å². The van der Waals surface area contributed by atoms with Gasteiger partial charge in [0.25, 0.3) is 10.0 Å². The molecule has 0 radical (unpaired) electrons. The van der Waals surface area contributed by atoms with Crippen LogP contribution in [0, 0.1) is 6.92 Å². The molecule has 2 amide bonds. The number of aryl methyl sites for hydroxylation is 1. The Labute approximate surface area is 221 Å². The Morgan fingerprint density at radius 3 is 2.19 bits per heavy atom. The lowest BCUT2D eigenvalue weighted by molar-refractivity contribution is -0.139. The van der Waals surface area contributed by atoms with Crippen LogP contribution in [0.1, 0.15) is 18.1 Å². The molecule has 36 heavy (non-hydrogen) atoms. The summed E-state index contributed by atoms with van der Waals surface area (Å²) in [5.41, 5.74) is 1.62. The summed E-state index contributed by atoms with van der Waals surface area (Å²) >= 11 is 12.6. The molecule has 1 N–H and O–H groups in total. The van der Waals surface area contributed by atoms with Crippen LogP contribution in [0.2, 0.25) is 10.0 Å². The first-order valence-electron chi connectivity index (χ1n) is 11.1. The average Bonchev–Trinajstić information content (AvgIpc) is 2.87. The highest BCUT2D eigenvalue weighted by molar-refractivity contribution is 7.92. The Morgan fingerprint density at radius 1 is 0.944 bits per heavy atom. The Hall–Kier alpha value is -3.07. The molecule has 0 fully saturated rings. The van der Waals surface area contributed by atoms with Gasteiger partial charge in [-0.05, 0) is 55.3 Å². The third-order valence-electron chi connectivity index (χ3n) is 5.77. The van der Waals surface area contributed by atoms with Gasteiger partial charge in [-0.1, -0.05) is 65.7 Å². The van der Waals surface area contributed by atoms with Gasteiger partial charge >= 0.3 is 0 Å². The first kappa shape index (κ1) is 27.5. The highest BCUT2D eigenvalue weighted by atomic mass is 35.5. The smallest absolute Gasteiger partial charge is 0.264 e. The van der Waals surface area contributed by atoms with Crippen LogP contribution in [-0.2, 0) is 26.2 Å². The van der Waals surface area contributed by atoms with E-state index in [0.717, 1.165) is 9.87 Å². The summed E-state index contributed by atoms with van der Waals surface area (Å²) in [6.07, 6.45) is 0. The van der Waals surface area contributed by atoms with E-state index in [1.54, 1.807) is 68.4 Å². The Kier molecular flexibility index (Phi) is 9.00. The van der Waals surface area contributed by atoms with Gasteiger partial charge in [0.15, 0.2) is 0 Å². The molecule has 0 aliphatic heterocycles. The van der Waals surface area contributed by atoms with E-state index in [0.29, 0.717) is 15.6 Å². The van der Waals surface area contributed by atoms with Crippen LogP contribution in [0.15, 0.2) is 77.7 Å². The van der Waals surface area contributed by atoms with E-state index in [1.165, 1.54) is 30.1 Å². The minimum Gasteiger partial charge on any atom is -0.357 e. The van der Waals surface area contributed by atoms with Gasteiger partial charge in [-0.3, -0.25) is 13.9 Å². The fourth-order valence-electron chi connectivity index (χ4n) is 3.59. The van der Waals surface area contributed by atoms with Crippen LogP contribution >= 0.6 is 23.2 Å². The van der Waals surface area contributed by atoms with Crippen molar-refractivity contribution in [2.75, 3.05) is 17.9 Å². The van der Waals surface area contributed by atoms with E-state index in [4.69, 9.17) is 23.2 Å². The number of hydrogen-bond donors (Lipinski definition) is 1. The van der Waals surface area contributed by atoms with Gasteiger partial charge in [-0.2, -0.15) is 0 Å². The van der Waals surface area contributed by atoms with Crippen molar-refractivity contribution >= 4 is 50.7 Å². The van der Waals surface area contributed by atoms with E-state index in [9.17, 15) is 18.0 Å². The fraction of sp³-hybridized carbons (Fsp3) is 0.231. The lowest BCUT2D eigenvalue weighted by Gasteiger charge is -2.32. The molecule has 0 saturated heterocycles. The van der Waals surface area contributed by atoms with Gasteiger partial charge in [-0.15, -0.1) is 0 Å². The molecule has 190 valence electrons. The maximum atomic E-state index is 13.7. The summed E-state index contributed by atoms with van der Waals surface area (Å²) in [5, 5.41) is 3.33. The molecule has 3 aromatic carbocycles. The molecule has 7 nitrogen and oxygen atoms in total. The van der Waals surface area contributed by atoms with Crippen molar-refractivity contribution in [1.29, 1.82) is 0 Å². The number of benzene rings is 3. The fourth-order valence-corrected chi connectivity index (χ4v) is 5.38. The molecular formula is C26H27Cl2N3O4S. The van der Waals surface area contributed by atoms with Crippen molar-refractivity contribution in [3.8, 4) is 0 Å². The van der Waals surface area contributed by atoms with Crippen LogP contribution < -0.4 is 9.62 Å². The maximum Gasteiger partial charge on any atom is 0.264 e. The second kappa shape index (κ2) is 11.8. The summed E-state index contributed by atoms with van der Waals surface area (Å²) in [6.45, 7) is 2.83. The number of carbonyl (C=O) groups is 2. The average molecular weight is 548 g/mol. The zero-order valence-corrected chi connectivity index (χ0v) is 22.4. The van der Waals surface area contributed by atoms with Crippen LogP contribution in [0.5, 0.6) is 0 Å². The largest absolute Gasteiger partial charge is 0.357 e. The minimum absolute atomic E-state index is 0.0149. The normalized spacial score (nSPS) is 12.0. The van der Waals surface area contributed by atoms with Crippen LogP contribution in [-0.4, -0.2) is 44.8 Å². The molecule has 0 bridgehead atoms. The minimum atomic E-state index is -4.14. The second-order valence-electron chi connectivity index (χ2n) is 8.16. The van der Waals surface area contributed by atoms with Gasteiger partial charge in [0, 0.05) is 23.6 Å². The van der Waals surface area contributed by atoms with E-state index in [2.05, 4.69) is 5.32 Å². The molecule has 0 unspecified atom stereocenters. The number of carbonyl (C=O) groups excluding carboxylic acids is 2. The van der Waals surface area contributed by atoms with Crippen molar-refractivity contribution in [3.63, 3.8) is 0 Å². The number of nitrogens with one attached hydrogen (secondary N) is 1. The predicted octanol–water partition coefficient (Wildman–Crippen LogP) is 4.66. The quantitative estimate of drug-likeness (QED) is 0.422. The monoisotopic (exact) mass is 547 g/mol. The van der Waals surface area contributed by atoms with Gasteiger partial charge in [0.05, 0.1) is 10.6 Å². The number of nitrogens with zero attached hydrogens (tertiary/aromatic N) is 2. The van der Waals surface area contributed by atoms with Crippen LogP contribution in [0.3, 0.4) is 0 Å². The van der Waals surface area contributed by atoms with Crippen LogP contribution in [0.25, 0.3) is 0 Å². The molecule has 0 heterocycles. The van der Waals surface area contributed by atoms with E-state index in [1.807, 2.05) is 0 Å². The van der Waals surface area contributed by atoms with Gasteiger partial charge in [0.2, 0.25) is 11.8 Å². The summed E-state index contributed by atoms with van der Waals surface area (Å²) in [4.78, 5) is 27.5. The number of likely N-dealkylation sites (N-methyl/N-ethyl adjacent to an activating group) is 1. The Balaban J connectivity index is 2.06. The summed E-state index contributed by atoms with van der Waals surface area (Å²) < 4.78 is 28.3. The van der Waals surface area contributed by atoms with Gasteiger partial charge in [-0.25, -0.2) is 8.42 Å². The van der Waals surface area contributed by atoms with Crippen molar-refractivity contribution in [1.82, 2.24) is 10.2 Å². The summed E-state index contributed by atoms with van der Waals surface area (Å²) in [6, 6.07) is 18.7. The number of anilines is 1. The third-order valence-corrected chi connectivity index (χ3v) is 8.33. The SMILES string of the molecule is CNC(=O)[C@H](C)N(Cc1ccccc1Cl)C(=O)CN(c1ccc(C)c(Cl)c1)S(=O)(=O)c1ccccc1. The highest BCUT2D eigenvalue weighted by Gasteiger charge is 2.32. The number of sulfonamides is 1. The number of amides is 2. The molecule has 0 aliphatic rings. The van der Waals surface area contributed by atoms with Crippen LogP contribution in [0.4, 0.5) is 5.69 Å². The number of hydrogen-bond acceptors (Lipinski definition) is 4. The first-order valence-corrected chi connectivity index (χ1v) is 13.3. The lowest BCUT2D eigenvalue weighted by atomic mass is 10.1. The molecule has 1 atom stereocenters. The standard InChI is InChI=1S/C26H27Cl2N3O4S/c1-18-13-14-21(15-24(18)28)31(36(34,35)22-10-5-4-6-11-22)17-25(32)30(19(2)26(33)29-3)16-20-9-7-8-12-23(20)27/h4-15,19H,16-17H2,1-3H3,(H,29,33)/t19-/m0/s1. The zero-order valence-electron chi connectivity index (χ0n) is 20.1. The van der Waals surface area contributed by atoms with E-state index < -0.39 is 34.4 Å². The first-order chi connectivity index (χ1) is 17.1.